The van der Waals surface area contributed by atoms with Crippen LogP contribution in [0.4, 0.5) is 0 Å². The van der Waals surface area contributed by atoms with E-state index >= 15 is 0 Å². The SMILES string of the molecule is COc1ccc(OCCC(=O)N2CC[NH+](C)CC2)cc1. The highest BCUT2D eigenvalue weighted by Crippen LogP contribution is 2.17. The Bertz CT molecular complexity index is 425. The zero-order chi connectivity index (χ0) is 14.4. The molecule has 1 aliphatic heterocycles. The van der Waals surface area contributed by atoms with Crippen LogP contribution in [0.3, 0.4) is 0 Å². The average molecular weight is 279 g/mol. The molecule has 110 valence electrons. The number of nitrogens with one attached hydrogen (secondary N) is 1. The largest absolute Gasteiger partial charge is 0.497 e. The lowest BCUT2D eigenvalue weighted by molar-refractivity contribution is -0.883. The van der Waals surface area contributed by atoms with Crippen molar-refractivity contribution in [2.45, 2.75) is 6.42 Å². The van der Waals surface area contributed by atoms with Gasteiger partial charge in [-0.25, -0.2) is 0 Å². The highest BCUT2D eigenvalue weighted by atomic mass is 16.5. The molecule has 0 aromatic heterocycles. The number of methoxy groups -OCH3 is 1. The lowest BCUT2D eigenvalue weighted by Crippen LogP contribution is -3.12. The van der Waals surface area contributed by atoms with E-state index in [9.17, 15) is 4.79 Å². The molecule has 1 heterocycles. The van der Waals surface area contributed by atoms with Gasteiger partial charge in [-0.15, -0.1) is 0 Å². The summed E-state index contributed by atoms with van der Waals surface area (Å²) in [6.07, 6.45) is 0.436. The van der Waals surface area contributed by atoms with E-state index in [2.05, 4.69) is 7.05 Å². The number of rotatable bonds is 5. The second-order valence-electron chi connectivity index (χ2n) is 5.11. The highest BCUT2D eigenvalue weighted by molar-refractivity contribution is 5.76. The topological polar surface area (TPSA) is 43.2 Å². The predicted octanol–water partition coefficient (Wildman–Crippen LogP) is -0.179. The maximum absolute atomic E-state index is 12.0. The van der Waals surface area contributed by atoms with Gasteiger partial charge in [-0.1, -0.05) is 0 Å². The van der Waals surface area contributed by atoms with E-state index in [1.807, 2.05) is 29.2 Å². The zero-order valence-corrected chi connectivity index (χ0v) is 12.2. The van der Waals surface area contributed by atoms with Gasteiger partial charge in [-0.2, -0.15) is 0 Å². The number of hydrogen-bond acceptors (Lipinski definition) is 3. The van der Waals surface area contributed by atoms with E-state index < -0.39 is 0 Å². The average Bonchev–Trinajstić information content (AvgIpc) is 2.48. The van der Waals surface area contributed by atoms with Crippen LogP contribution < -0.4 is 14.4 Å². The Hall–Kier alpha value is -1.75. The molecule has 0 bridgehead atoms. The number of carbonyl (C=O) groups is 1. The fourth-order valence-corrected chi connectivity index (χ4v) is 2.22. The van der Waals surface area contributed by atoms with Crippen LogP contribution >= 0.6 is 0 Å². The molecule has 5 heteroatoms. The number of carbonyl (C=O) groups excluding carboxylic acids is 1. The van der Waals surface area contributed by atoms with Crippen LogP contribution in [0.15, 0.2) is 24.3 Å². The quantitative estimate of drug-likeness (QED) is 0.813. The Labute approximate surface area is 120 Å². The number of piperazine rings is 1. The predicted molar refractivity (Wildman–Crippen MR) is 76.3 cm³/mol. The molecule has 1 amide bonds. The van der Waals surface area contributed by atoms with Crippen LogP contribution in [-0.4, -0.2) is 57.8 Å². The Morgan fingerprint density at radius 2 is 1.80 bits per heavy atom. The molecule has 1 aromatic rings. The summed E-state index contributed by atoms with van der Waals surface area (Å²) >= 11 is 0. The van der Waals surface area contributed by atoms with Crippen LogP contribution in [0.2, 0.25) is 0 Å². The highest BCUT2D eigenvalue weighted by Gasteiger charge is 2.20. The summed E-state index contributed by atoms with van der Waals surface area (Å²) in [6, 6.07) is 7.39. The Kier molecular flexibility index (Phi) is 5.24. The number of quaternary nitrogens is 1. The molecule has 0 spiro atoms. The summed E-state index contributed by atoms with van der Waals surface area (Å²) in [5.74, 6) is 1.75. The number of benzene rings is 1. The molecular weight excluding hydrogens is 256 g/mol. The zero-order valence-electron chi connectivity index (χ0n) is 12.2. The minimum atomic E-state index is 0.186. The van der Waals surface area contributed by atoms with Crippen LogP contribution in [0.1, 0.15) is 6.42 Å². The molecule has 1 aromatic carbocycles. The van der Waals surface area contributed by atoms with Crippen molar-refractivity contribution < 1.29 is 19.2 Å². The van der Waals surface area contributed by atoms with Gasteiger partial charge in [0.15, 0.2) is 0 Å². The molecule has 0 aliphatic carbocycles. The summed E-state index contributed by atoms with van der Waals surface area (Å²) in [7, 11) is 3.79. The number of likely N-dealkylation sites (N-methyl/N-ethyl adjacent to an activating group) is 1. The molecule has 1 N–H and O–H groups in total. The van der Waals surface area contributed by atoms with E-state index in [1.54, 1.807) is 7.11 Å². The molecule has 2 rings (SSSR count). The molecule has 1 aliphatic rings. The van der Waals surface area contributed by atoms with Gasteiger partial charge < -0.3 is 19.3 Å². The second-order valence-corrected chi connectivity index (χ2v) is 5.11. The number of nitrogens with zero attached hydrogens (tertiary/aromatic N) is 1. The Morgan fingerprint density at radius 3 is 2.40 bits per heavy atom. The minimum absolute atomic E-state index is 0.186. The van der Waals surface area contributed by atoms with Crippen molar-refractivity contribution in [1.82, 2.24) is 4.90 Å². The van der Waals surface area contributed by atoms with E-state index in [0.29, 0.717) is 13.0 Å². The van der Waals surface area contributed by atoms with Crippen molar-refractivity contribution >= 4 is 5.91 Å². The molecule has 0 radical (unpaired) electrons. The lowest BCUT2D eigenvalue weighted by Gasteiger charge is -2.30. The maximum Gasteiger partial charge on any atom is 0.226 e. The number of ether oxygens (including phenoxy) is 2. The minimum Gasteiger partial charge on any atom is -0.497 e. The van der Waals surface area contributed by atoms with Gasteiger partial charge in [-0.3, -0.25) is 4.79 Å². The summed E-state index contributed by atoms with van der Waals surface area (Å²) in [4.78, 5) is 15.4. The van der Waals surface area contributed by atoms with E-state index in [1.165, 1.54) is 4.90 Å². The molecular formula is C15H23N2O3+. The molecule has 0 unspecified atom stereocenters. The molecule has 1 saturated heterocycles. The molecule has 0 saturated carbocycles. The third-order valence-electron chi connectivity index (χ3n) is 3.61. The number of hydrogen-bond donors (Lipinski definition) is 1. The van der Waals surface area contributed by atoms with Crippen molar-refractivity contribution in [3.63, 3.8) is 0 Å². The van der Waals surface area contributed by atoms with Crippen molar-refractivity contribution in [2.24, 2.45) is 0 Å². The van der Waals surface area contributed by atoms with Crippen molar-refractivity contribution in [3.8, 4) is 11.5 Å². The first-order chi connectivity index (χ1) is 9.69. The fraction of sp³-hybridized carbons (Fsp3) is 0.533. The van der Waals surface area contributed by atoms with Crippen molar-refractivity contribution in [3.05, 3.63) is 24.3 Å². The summed E-state index contributed by atoms with van der Waals surface area (Å²) in [5, 5.41) is 0. The molecule has 1 fully saturated rings. The van der Waals surface area contributed by atoms with Gasteiger partial charge >= 0.3 is 0 Å². The Morgan fingerprint density at radius 1 is 1.20 bits per heavy atom. The van der Waals surface area contributed by atoms with Gasteiger partial charge in [-0.05, 0) is 24.3 Å². The molecule has 5 nitrogen and oxygen atoms in total. The lowest BCUT2D eigenvalue weighted by atomic mass is 10.3. The Balaban J connectivity index is 1.70. The van der Waals surface area contributed by atoms with E-state index in [0.717, 1.165) is 37.7 Å². The molecule has 20 heavy (non-hydrogen) atoms. The van der Waals surface area contributed by atoms with Gasteiger partial charge in [0.2, 0.25) is 5.91 Å². The van der Waals surface area contributed by atoms with Gasteiger partial charge in [0.05, 0.1) is 53.4 Å². The van der Waals surface area contributed by atoms with Gasteiger partial charge in [0.25, 0.3) is 0 Å². The summed E-state index contributed by atoms with van der Waals surface area (Å²) in [5.41, 5.74) is 0. The first-order valence-electron chi connectivity index (χ1n) is 7.05. The summed E-state index contributed by atoms with van der Waals surface area (Å²) < 4.78 is 10.7. The second kappa shape index (κ2) is 7.14. The maximum atomic E-state index is 12.0. The monoisotopic (exact) mass is 279 g/mol. The first kappa shape index (κ1) is 14.7. The van der Waals surface area contributed by atoms with Crippen LogP contribution in [0.25, 0.3) is 0 Å². The standard InChI is InChI=1S/C15H22N2O3/c1-16-8-10-17(11-9-16)15(18)7-12-20-14-5-3-13(19-2)4-6-14/h3-6H,7-12H2,1-2H3/p+1. The summed E-state index contributed by atoms with van der Waals surface area (Å²) in [6.45, 7) is 4.20. The van der Waals surface area contributed by atoms with Crippen molar-refractivity contribution in [1.29, 1.82) is 0 Å². The van der Waals surface area contributed by atoms with Crippen molar-refractivity contribution in [2.75, 3.05) is 46.9 Å². The number of amides is 1. The van der Waals surface area contributed by atoms with Crippen LogP contribution in [0, 0.1) is 0 Å². The van der Waals surface area contributed by atoms with E-state index in [4.69, 9.17) is 9.47 Å². The normalized spacial score (nSPS) is 16.0. The third-order valence-corrected chi connectivity index (χ3v) is 3.61. The van der Waals surface area contributed by atoms with Gasteiger partial charge in [0, 0.05) is 0 Å². The van der Waals surface area contributed by atoms with Crippen LogP contribution in [-0.2, 0) is 4.79 Å². The first-order valence-corrected chi connectivity index (χ1v) is 7.05. The van der Waals surface area contributed by atoms with E-state index in [-0.39, 0.29) is 5.91 Å². The van der Waals surface area contributed by atoms with Crippen LogP contribution in [0.5, 0.6) is 11.5 Å². The van der Waals surface area contributed by atoms with Gasteiger partial charge in [0.1, 0.15) is 11.5 Å². The smallest absolute Gasteiger partial charge is 0.226 e. The fourth-order valence-electron chi connectivity index (χ4n) is 2.22. The molecule has 0 atom stereocenters. The third kappa shape index (κ3) is 4.13.